The number of aromatic nitrogens is 1. The number of aliphatic carboxylic acids is 1. The molecule has 1 aromatic heterocycles. The van der Waals surface area contributed by atoms with Crippen LogP contribution in [-0.4, -0.2) is 22.0 Å². The molecule has 19 heavy (non-hydrogen) atoms. The Morgan fingerprint density at radius 1 is 1.32 bits per heavy atom. The van der Waals surface area contributed by atoms with Crippen LogP contribution in [0.5, 0.6) is 0 Å². The summed E-state index contributed by atoms with van der Waals surface area (Å²) in [5.41, 5.74) is 1.39. The predicted molar refractivity (Wildman–Crippen MR) is 70.7 cm³/mol. The monoisotopic (exact) mass is 262 g/mol. The molecule has 1 fully saturated rings. The van der Waals surface area contributed by atoms with Gasteiger partial charge in [-0.25, -0.2) is 0 Å². The second-order valence-corrected chi connectivity index (χ2v) is 4.96. The van der Waals surface area contributed by atoms with Crippen LogP contribution in [0.3, 0.4) is 0 Å². The first-order valence-electron chi connectivity index (χ1n) is 6.55. The van der Waals surface area contributed by atoms with Gasteiger partial charge < -0.3 is 10.4 Å². The molecule has 0 aliphatic heterocycles. The summed E-state index contributed by atoms with van der Waals surface area (Å²) >= 11 is 0. The summed E-state index contributed by atoms with van der Waals surface area (Å²) in [5, 5.41) is 12.0. The van der Waals surface area contributed by atoms with Crippen LogP contribution >= 0.6 is 0 Å². The average Bonchev–Trinajstić information content (AvgIpc) is 2.41. The van der Waals surface area contributed by atoms with E-state index >= 15 is 0 Å². The van der Waals surface area contributed by atoms with E-state index in [1.54, 1.807) is 18.3 Å². The van der Waals surface area contributed by atoms with Gasteiger partial charge in [0.1, 0.15) is 0 Å². The maximum Gasteiger partial charge on any atom is 0.307 e. The molecule has 1 aliphatic carbocycles. The number of aryl methyl sites for hydroxylation is 1. The lowest BCUT2D eigenvalue weighted by Crippen LogP contribution is -2.36. The van der Waals surface area contributed by atoms with E-state index in [2.05, 4.69) is 10.3 Å². The van der Waals surface area contributed by atoms with E-state index in [4.69, 9.17) is 0 Å². The molecule has 0 aromatic carbocycles. The SMILES string of the molecule is Cc1ncccc1NC(=O)[C@@H]1CCCC[C@@H]1C(=O)O. The van der Waals surface area contributed by atoms with Crippen LogP contribution in [0.1, 0.15) is 31.4 Å². The normalized spacial score (nSPS) is 22.8. The van der Waals surface area contributed by atoms with Gasteiger partial charge >= 0.3 is 5.97 Å². The number of pyridine rings is 1. The zero-order chi connectivity index (χ0) is 13.8. The highest BCUT2D eigenvalue weighted by Crippen LogP contribution is 2.31. The molecule has 5 nitrogen and oxygen atoms in total. The summed E-state index contributed by atoms with van der Waals surface area (Å²) in [5.74, 6) is -2.08. The fourth-order valence-electron chi connectivity index (χ4n) is 2.58. The zero-order valence-corrected chi connectivity index (χ0v) is 10.9. The molecule has 0 radical (unpaired) electrons. The maximum atomic E-state index is 12.2. The average molecular weight is 262 g/mol. The van der Waals surface area contributed by atoms with Crippen LogP contribution in [0, 0.1) is 18.8 Å². The van der Waals surface area contributed by atoms with Crippen molar-refractivity contribution in [2.75, 3.05) is 5.32 Å². The second kappa shape index (κ2) is 5.82. The molecule has 0 saturated heterocycles. The number of rotatable bonds is 3. The Labute approximate surface area is 112 Å². The lowest BCUT2D eigenvalue weighted by molar-refractivity contribution is -0.147. The van der Waals surface area contributed by atoms with Crippen molar-refractivity contribution in [2.45, 2.75) is 32.6 Å². The van der Waals surface area contributed by atoms with Crippen molar-refractivity contribution in [3.63, 3.8) is 0 Å². The Bertz CT molecular complexity index is 487. The smallest absolute Gasteiger partial charge is 0.307 e. The molecule has 5 heteroatoms. The molecule has 0 bridgehead atoms. The Kier molecular flexibility index (Phi) is 4.14. The summed E-state index contributed by atoms with van der Waals surface area (Å²) in [6.07, 6.45) is 4.67. The third kappa shape index (κ3) is 3.10. The molecule has 1 aromatic rings. The number of carbonyl (C=O) groups is 2. The lowest BCUT2D eigenvalue weighted by atomic mass is 9.78. The van der Waals surface area contributed by atoms with Crippen LogP contribution in [0.2, 0.25) is 0 Å². The lowest BCUT2D eigenvalue weighted by Gasteiger charge is -2.27. The van der Waals surface area contributed by atoms with Gasteiger partial charge in [-0.2, -0.15) is 0 Å². The molecule has 2 atom stereocenters. The number of nitrogens with one attached hydrogen (secondary N) is 1. The number of anilines is 1. The van der Waals surface area contributed by atoms with E-state index in [0.717, 1.165) is 18.5 Å². The third-order valence-electron chi connectivity index (χ3n) is 3.68. The first-order chi connectivity index (χ1) is 9.09. The summed E-state index contributed by atoms with van der Waals surface area (Å²) in [4.78, 5) is 27.5. The standard InChI is InChI=1S/C14H18N2O3/c1-9-12(7-4-8-15-9)16-13(17)10-5-2-3-6-11(10)14(18)19/h4,7-8,10-11H,2-3,5-6H2,1H3,(H,16,17)(H,18,19)/t10-,11+/m1/s1. The van der Waals surface area contributed by atoms with E-state index in [1.807, 2.05) is 6.92 Å². The van der Waals surface area contributed by atoms with Crippen LogP contribution in [0.15, 0.2) is 18.3 Å². The number of amides is 1. The Morgan fingerprint density at radius 2 is 2.00 bits per heavy atom. The summed E-state index contributed by atoms with van der Waals surface area (Å²) < 4.78 is 0. The number of hydrogen-bond acceptors (Lipinski definition) is 3. The van der Waals surface area contributed by atoms with E-state index in [9.17, 15) is 14.7 Å². The van der Waals surface area contributed by atoms with Gasteiger partial charge in [0.2, 0.25) is 5.91 Å². The van der Waals surface area contributed by atoms with Gasteiger partial charge in [-0.05, 0) is 31.9 Å². The molecule has 0 spiro atoms. The zero-order valence-electron chi connectivity index (χ0n) is 10.9. The molecular formula is C14H18N2O3. The second-order valence-electron chi connectivity index (χ2n) is 4.96. The first kappa shape index (κ1) is 13.5. The highest BCUT2D eigenvalue weighted by molar-refractivity contribution is 5.95. The third-order valence-corrected chi connectivity index (χ3v) is 3.68. The highest BCUT2D eigenvalue weighted by Gasteiger charge is 2.35. The quantitative estimate of drug-likeness (QED) is 0.875. The largest absolute Gasteiger partial charge is 0.481 e. The Balaban J connectivity index is 2.10. The molecule has 1 saturated carbocycles. The van der Waals surface area contributed by atoms with Gasteiger partial charge in [0.15, 0.2) is 0 Å². The van der Waals surface area contributed by atoms with Crippen LogP contribution in [0.25, 0.3) is 0 Å². The minimum atomic E-state index is -0.872. The number of nitrogens with zero attached hydrogens (tertiary/aromatic N) is 1. The molecular weight excluding hydrogens is 244 g/mol. The molecule has 2 N–H and O–H groups in total. The van der Waals surface area contributed by atoms with Crippen LogP contribution < -0.4 is 5.32 Å². The minimum absolute atomic E-state index is 0.205. The van der Waals surface area contributed by atoms with Crippen molar-refractivity contribution in [3.8, 4) is 0 Å². The molecule has 102 valence electrons. The Hall–Kier alpha value is -1.91. The molecule has 1 amide bonds. The molecule has 2 rings (SSSR count). The minimum Gasteiger partial charge on any atom is -0.481 e. The number of carboxylic acids is 1. The van der Waals surface area contributed by atoms with Crippen molar-refractivity contribution < 1.29 is 14.7 Å². The fraction of sp³-hybridized carbons (Fsp3) is 0.500. The van der Waals surface area contributed by atoms with Crippen molar-refractivity contribution in [1.82, 2.24) is 4.98 Å². The van der Waals surface area contributed by atoms with Crippen LogP contribution in [0.4, 0.5) is 5.69 Å². The van der Waals surface area contributed by atoms with Crippen molar-refractivity contribution >= 4 is 17.6 Å². The summed E-state index contributed by atoms with van der Waals surface area (Å²) in [6.45, 7) is 1.81. The summed E-state index contributed by atoms with van der Waals surface area (Å²) in [7, 11) is 0. The fourth-order valence-corrected chi connectivity index (χ4v) is 2.58. The maximum absolute atomic E-state index is 12.2. The first-order valence-corrected chi connectivity index (χ1v) is 6.55. The van der Waals surface area contributed by atoms with E-state index in [-0.39, 0.29) is 5.91 Å². The van der Waals surface area contributed by atoms with Gasteiger partial charge in [-0.3, -0.25) is 14.6 Å². The number of hydrogen-bond donors (Lipinski definition) is 2. The van der Waals surface area contributed by atoms with Crippen LogP contribution in [-0.2, 0) is 9.59 Å². The van der Waals surface area contributed by atoms with Gasteiger partial charge in [0, 0.05) is 6.20 Å². The van der Waals surface area contributed by atoms with Crippen molar-refractivity contribution in [2.24, 2.45) is 11.8 Å². The highest BCUT2D eigenvalue weighted by atomic mass is 16.4. The number of carbonyl (C=O) groups excluding carboxylic acids is 1. The van der Waals surface area contributed by atoms with Gasteiger partial charge in [-0.15, -0.1) is 0 Å². The summed E-state index contributed by atoms with van der Waals surface area (Å²) in [6, 6.07) is 3.52. The topological polar surface area (TPSA) is 79.3 Å². The predicted octanol–water partition coefficient (Wildman–Crippen LogP) is 2.22. The van der Waals surface area contributed by atoms with E-state index in [1.165, 1.54) is 0 Å². The molecule has 1 aliphatic rings. The van der Waals surface area contributed by atoms with Gasteiger partial charge in [0.25, 0.3) is 0 Å². The van der Waals surface area contributed by atoms with E-state index < -0.39 is 17.8 Å². The van der Waals surface area contributed by atoms with Gasteiger partial charge in [0.05, 0.1) is 23.2 Å². The van der Waals surface area contributed by atoms with Crippen molar-refractivity contribution in [3.05, 3.63) is 24.0 Å². The van der Waals surface area contributed by atoms with Crippen molar-refractivity contribution in [1.29, 1.82) is 0 Å². The molecule has 0 unspecified atom stereocenters. The Morgan fingerprint density at radius 3 is 2.63 bits per heavy atom. The van der Waals surface area contributed by atoms with E-state index in [0.29, 0.717) is 18.5 Å². The van der Waals surface area contributed by atoms with Gasteiger partial charge in [-0.1, -0.05) is 12.8 Å². The number of carboxylic acid groups (broad SMARTS) is 1. The molecule has 1 heterocycles.